The maximum Gasteiger partial charge on any atom is 0.338 e. The SMILES string of the molecule is CC(OC(=O)c1ccc(S(=O)(=O)NCCC#N)cc1)c1nnc(-c2ccc([N+](=O)[O-])cc2)o1. The van der Waals surface area contributed by atoms with E-state index in [-0.39, 0.29) is 40.9 Å². The van der Waals surface area contributed by atoms with Crippen molar-refractivity contribution in [1.82, 2.24) is 14.9 Å². The topological polar surface area (TPSA) is 178 Å². The summed E-state index contributed by atoms with van der Waals surface area (Å²) in [4.78, 5) is 22.6. The molecule has 0 aliphatic heterocycles. The monoisotopic (exact) mass is 471 g/mol. The van der Waals surface area contributed by atoms with Crippen LogP contribution in [0.25, 0.3) is 11.5 Å². The van der Waals surface area contributed by atoms with Gasteiger partial charge < -0.3 is 9.15 Å². The molecule has 170 valence electrons. The number of sulfonamides is 1. The molecule has 3 rings (SSSR count). The molecule has 1 heterocycles. The zero-order chi connectivity index (χ0) is 24.0. The van der Waals surface area contributed by atoms with Crippen molar-refractivity contribution in [3.05, 3.63) is 70.1 Å². The molecule has 0 amide bonds. The Morgan fingerprint density at radius 3 is 2.48 bits per heavy atom. The minimum atomic E-state index is -3.80. The molecule has 2 aromatic carbocycles. The fraction of sp³-hybridized carbons (Fsp3) is 0.200. The Balaban J connectivity index is 1.65. The lowest BCUT2D eigenvalue weighted by atomic mass is 10.2. The van der Waals surface area contributed by atoms with Gasteiger partial charge >= 0.3 is 5.97 Å². The molecule has 3 aromatic rings. The molecular formula is C20H17N5O7S. The van der Waals surface area contributed by atoms with Gasteiger partial charge in [-0.1, -0.05) is 0 Å². The summed E-state index contributed by atoms with van der Waals surface area (Å²) in [6.45, 7) is 1.50. The minimum absolute atomic E-state index is 0.0117. The fourth-order valence-electron chi connectivity index (χ4n) is 2.62. The number of nitrogens with zero attached hydrogens (tertiary/aromatic N) is 4. The third kappa shape index (κ3) is 5.76. The highest BCUT2D eigenvalue weighted by atomic mass is 32.2. The number of carbonyl (C=O) groups excluding carboxylic acids is 1. The van der Waals surface area contributed by atoms with E-state index in [2.05, 4.69) is 14.9 Å². The van der Waals surface area contributed by atoms with Crippen molar-refractivity contribution in [2.24, 2.45) is 0 Å². The molecule has 0 saturated heterocycles. The smallest absolute Gasteiger partial charge is 0.338 e. The first-order chi connectivity index (χ1) is 15.7. The summed E-state index contributed by atoms with van der Waals surface area (Å²) in [6, 6.07) is 12.4. The van der Waals surface area contributed by atoms with Crippen molar-refractivity contribution in [3.8, 4) is 17.5 Å². The molecule has 1 aromatic heterocycles. The highest BCUT2D eigenvalue weighted by Crippen LogP contribution is 2.25. The Labute approximate surface area is 188 Å². The molecule has 1 unspecified atom stereocenters. The van der Waals surface area contributed by atoms with Crippen molar-refractivity contribution in [1.29, 1.82) is 5.26 Å². The second kappa shape index (κ2) is 9.98. The van der Waals surface area contributed by atoms with Crippen LogP contribution in [0.1, 0.15) is 35.7 Å². The van der Waals surface area contributed by atoms with E-state index in [0.717, 1.165) is 0 Å². The van der Waals surface area contributed by atoms with E-state index in [1.54, 1.807) is 0 Å². The summed E-state index contributed by atoms with van der Waals surface area (Å²) in [5.74, 6) is -0.627. The van der Waals surface area contributed by atoms with Gasteiger partial charge in [-0.25, -0.2) is 17.9 Å². The lowest BCUT2D eigenvalue weighted by Crippen LogP contribution is -2.24. The zero-order valence-corrected chi connectivity index (χ0v) is 18.0. The summed E-state index contributed by atoms with van der Waals surface area (Å²) < 4.78 is 37.3. The Bertz CT molecular complexity index is 1300. The number of hydrogen-bond acceptors (Lipinski definition) is 10. The van der Waals surface area contributed by atoms with Crippen LogP contribution in [0, 0.1) is 21.4 Å². The predicted molar refractivity (Wildman–Crippen MR) is 112 cm³/mol. The molecule has 0 aliphatic carbocycles. The normalized spacial score (nSPS) is 12.0. The summed E-state index contributed by atoms with van der Waals surface area (Å²) in [5.41, 5.74) is 0.476. The quantitative estimate of drug-likeness (QED) is 0.211. The first-order valence-corrected chi connectivity index (χ1v) is 11.0. The number of nitro groups is 1. The number of ether oxygens (including phenoxy) is 1. The highest BCUT2D eigenvalue weighted by Gasteiger charge is 2.21. The van der Waals surface area contributed by atoms with Gasteiger partial charge in [0.2, 0.25) is 15.9 Å². The molecule has 0 fully saturated rings. The van der Waals surface area contributed by atoms with Crippen LogP contribution in [0.2, 0.25) is 0 Å². The summed E-state index contributed by atoms with van der Waals surface area (Å²) in [5, 5.41) is 26.9. The van der Waals surface area contributed by atoms with Crippen molar-refractivity contribution in [3.63, 3.8) is 0 Å². The van der Waals surface area contributed by atoms with E-state index in [0.29, 0.717) is 5.56 Å². The van der Waals surface area contributed by atoms with Crippen molar-refractivity contribution < 1.29 is 27.3 Å². The second-order valence-corrected chi connectivity index (χ2v) is 8.39. The number of nitriles is 1. The van der Waals surface area contributed by atoms with E-state index in [1.165, 1.54) is 55.5 Å². The second-order valence-electron chi connectivity index (χ2n) is 6.63. The van der Waals surface area contributed by atoms with Crippen LogP contribution < -0.4 is 4.72 Å². The Morgan fingerprint density at radius 1 is 1.21 bits per heavy atom. The predicted octanol–water partition coefficient (Wildman–Crippen LogP) is 2.75. The summed E-state index contributed by atoms with van der Waals surface area (Å²) in [6.07, 6.45) is -0.879. The van der Waals surface area contributed by atoms with Gasteiger partial charge in [0.1, 0.15) is 0 Å². The highest BCUT2D eigenvalue weighted by molar-refractivity contribution is 7.89. The average Bonchev–Trinajstić information content (AvgIpc) is 3.30. The molecule has 0 aliphatic rings. The summed E-state index contributed by atoms with van der Waals surface area (Å²) >= 11 is 0. The molecule has 0 radical (unpaired) electrons. The number of esters is 1. The number of carbonyl (C=O) groups is 1. The Hall–Kier alpha value is -4.15. The van der Waals surface area contributed by atoms with Crippen LogP contribution in [0.3, 0.4) is 0 Å². The van der Waals surface area contributed by atoms with Gasteiger partial charge in [0, 0.05) is 30.7 Å². The van der Waals surface area contributed by atoms with Gasteiger partial charge in [-0.05, 0) is 43.3 Å². The molecule has 0 spiro atoms. The van der Waals surface area contributed by atoms with Crippen molar-refractivity contribution >= 4 is 21.7 Å². The van der Waals surface area contributed by atoms with Crippen LogP contribution in [0.4, 0.5) is 5.69 Å². The van der Waals surface area contributed by atoms with E-state index >= 15 is 0 Å². The number of rotatable bonds is 9. The Kier molecular flexibility index (Phi) is 7.11. The number of benzene rings is 2. The molecule has 1 N–H and O–H groups in total. The Morgan fingerprint density at radius 2 is 1.88 bits per heavy atom. The van der Waals surface area contributed by atoms with Crippen molar-refractivity contribution in [2.75, 3.05) is 6.54 Å². The van der Waals surface area contributed by atoms with Gasteiger partial charge in [-0.15, -0.1) is 10.2 Å². The van der Waals surface area contributed by atoms with Gasteiger partial charge in [0.05, 0.1) is 21.5 Å². The maximum absolute atomic E-state index is 12.4. The van der Waals surface area contributed by atoms with Crippen LogP contribution in [-0.2, 0) is 14.8 Å². The zero-order valence-electron chi connectivity index (χ0n) is 17.2. The van der Waals surface area contributed by atoms with Gasteiger partial charge in [-0.2, -0.15) is 5.26 Å². The molecule has 1 atom stereocenters. The van der Waals surface area contributed by atoms with E-state index in [4.69, 9.17) is 14.4 Å². The molecule has 0 bridgehead atoms. The van der Waals surface area contributed by atoms with Crippen LogP contribution in [0.15, 0.2) is 57.8 Å². The lowest BCUT2D eigenvalue weighted by Gasteiger charge is -2.10. The third-order valence-corrected chi connectivity index (χ3v) is 5.80. The van der Waals surface area contributed by atoms with Gasteiger partial charge in [0.25, 0.3) is 11.6 Å². The molecule has 0 saturated carbocycles. The number of nitrogens with one attached hydrogen (secondary N) is 1. The molecular weight excluding hydrogens is 454 g/mol. The van der Waals surface area contributed by atoms with E-state index < -0.39 is 27.0 Å². The maximum atomic E-state index is 12.4. The first-order valence-electron chi connectivity index (χ1n) is 9.47. The number of nitro benzene ring substituents is 1. The van der Waals surface area contributed by atoms with Crippen LogP contribution in [0.5, 0.6) is 0 Å². The standard InChI is InChI=1S/C20H17N5O7S/c1-13(18-23-24-19(32-18)14-3-7-16(8-4-14)25(27)28)31-20(26)15-5-9-17(10-6-15)33(29,30)22-12-2-11-21/h3-10,13,22H,2,12H2,1H3. The number of aromatic nitrogens is 2. The van der Waals surface area contributed by atoms with E-state index in [9.17, 15) is 23.3 Å². The third-order valence-electron chi connectivity index (χ3n) is 4.33. The largest absolute Gasteiger partial charge is 0.449 e. The molecule has 12 nitrogen and oxygen atoms in total. The van der Waals surface area contributed by atoms with Crippen LogP contribution in [-0.4, -0.2) is 36.1 Å². The van der Waals surface area contributed by atoms with Crippen molar-refractivity contribution in [2.45, 2.75) is 24.3 Å². The lowest BCUT2D eigenvalue weighted by molar-refractivity contribution is -0.384. The average molecular weight is 471 g/mol. The van der Waals surface area contributed by atoms with E-state index in [1.807, 2.05) is 6.07 Å². The van der Waals surface area contributed by atoms with Gasteiger partial charge in [-0.3, -0.25) is 10.1 Å². The van der Waals surface area contributed by atoms with Gasteiger partial charge in [0.15, 0.2) is 6.10 Å². The summed E-state index contributed by atoms with van der Waals surface area (Å²) in [7, 11) is -3.80. The number of non-ortho nitro benzene ring substituents is 1. The first kappa shape index (κ1) is 23.5. The number of hydrogen-bond donors (Lipinski definition) is 1. The van der Waals surface area contributed by atoms with Crippen LogP contribution >= 0.6 is 0 Å². The fourth-order valence-corrected chi connectivity index (χ4v) is 3.65. The minimum Gasteiger partial charge on any atom is -0.449 e. The molecule has 13 heteroatoms. The molecule has 33 heavy (non-hydrogen) atoms.